The van der Waals surface area contributed by atoms with Gasteiger partial charge in [0.2, 0.25) is 5.45 Å². The summed E-state index contributed by atoms with van der Waals surface area (Å²) in [6.45, 7) is 2.08. The average Bonchev–Trinajstić information content (AvgIpc) is 1.89. The number of pyridine rings is 1. The van der Waals surface area contributed by atoms with E-state index < -0.39 is 0 Å². The Bertz CT molecular complexity index is 198. The van der Waals surface area contributed by atoms with E-state index in [0.29, 0.717) is 0 Å². The van der Waals surface area contributed by atoms with Crippen LogP contribution >= 0.6 is 15.9 Å². The van der Waals surface area contributed by atoms with Crippen LogP contribution in [-0.2, 0) is 5.45 Å². The summed E-state index contributed by atoms with van der Waals surface area (Å²) in [7, 11) is 0. The molecule has 0 unspecified atom stereocenters. The van der Waals surface area contributed by atoms with Gasteiger partial charge in [-0.15, -0.1) is 0 Å². The summed E-state index contributed by atoms with van der Waals surface area (Å²) >= 11 is 3.37. The third-order valence-electron chi connectivity index (χ3n) is 1.30. The molecule has 48 valence electrons. The summed E-state index contributed by atoms with van der Waals surface area (Å²) in [5, 5.41) is 0. The van der Waals surface area contributed by atoms with Gasteiger partial charge in [-0.1, -0.05) is 6.07 Å². The molecule has 1 rings (SSSR count). The van der Waals surface area contributed by atoms with Crippen LogP contribution in [0.3, 0.4) is 0 Å². The molecule has 1 nitrogen and oxygen atoms in total. The molecule has 0 fully saturated rings. The maximum absolute atomic E-state index is 3.37. The number of aromatic nitrogens is 1. The summed E-state index contributed by atoms with van der Waals surface area (Å²) in [5.41, 5.74) is 2.15. The first-order chi connectivity index (χ1) is 4.34. The molecule has 0 N–H and O–H groups in total. The SMILES string of the molecule is Cc1cccc[n+]1CBr. The van der Waals surface area contributed by atoms with Gasteiger partial charge in [0.05, 0.1) is 0 Å². The Morgan fingerprint density at radius 2 is 2.33 bits per heavy atom. The lowest BCUT2D eigenvalue weighted by atomic mass is 10.4. The van der Waals surface area contributed by atoms with Gasteiger partial charge in [0, 0.05) is 19.1 Å². The second-order valence-electron chi connectivity index (χ2n) is 1.93. The molecule has 0 aliphatic carbocycles. The van der Waals surface area contributed by atoms with Crippen molar-refractivity contribution < 1.29 is 4.57 Å². The van der Waals surface area contributed by atoms with Crippen molar-refractivity contribution in [3.05, 3.63) is 30.1 Å². The van der Waals surface area contributed by atoms with Crippen LogP contribution < -0.4 is 4.57 Å². The molecule has 0 aliphatic rings. The average molecular weight is 187 g/mol. The van der Waals surface area contributed by atoms with Gasteiger partial charge in [-0.3, -0.25) is 0 Å². The molecule has 1 heterocycles. The zero-order chi connectivity index (χ0) is 6.69. The van der Waals surface area contributed by atoms with Crippen LogP contribution in [0.1, 0.15) is 5.69 Å². The first-order valence-electron chi connectivity index (χ1n) is 2.85. The number of hydrogen-bond acceptors (Lipinski definition) is 0. The molecule has 2 heteroatoms. The number of rotatable bonds is 1. The summed E-state index contributed by atoms with van der Waals surface area (Å²) in [6.07, 6.45) is 2.05. The molecule has 1 aromatic rings. The summed E-state index contributed by atoms with van der Waals surface area (Å²) in [6, 6.07) is 6.14. The van der Waals surface area contributed by atoms with Crippen molar-refractivity contribution in [2.75, 3.05) is 0 Å². The van der Waals surface area contributed by atoms with Crippen LogP contribution in [0, 0.1) is 6.92 Å². The minimum atomic E-state index is 0.875. The van der Waals surface area contributed by atoms with E-state index in [1.807, 2.05) is 18.3 Å². The minimum absolute atomic E-state index is 0.875. The number of halogens is 1. The highest BCUT2D eigenvalue weighted by atomic mass is 79.9. The molecule has 1 aromatic heterocycles. The van der Waals surface area contributed by atoms with E-state index in [1.54, 1.807) is 0 Å². The Balaban J connectivity index is 3.01. The first-order valence-corrected chi connectivity index (χ1v) is 3.98. The van der Waals surface area contributed by atoms with Crippen LogP contribution in [-0.4, -0.2) is 0 Å². The van der Waals surface area contributed by atoms with Gasteiger partial charge in [-0.25, -0.2) is 0 Å². The number of aryl methyl sites for hydroxylation is 1. The fourth-order valence-electron chi connectivity index (χ4n) is 0.696. The lowest BCUT2D eigenvalue weighted by Gasteiger charge is -1.91. The molecule has 0 saturated carbocycles. The van der Waals surface area contributed by atoms with Crippen molar-refractivity contribution in [3.8, 4) is 0 Å². The molecular weight excluding hydrogens is 178 g/mol. The highest BCUT2D eigenvalue weighted by Gasteiger charge is 1.97. The summed E-state index contributed by atoms with van der Waals surface area (Å²) in [4.78, 5) is 0. The second kappa shape index (κ2) is 2.97. The van der Waals surface area contributed by atoms with E-state index in [4.69, 9.17) is 0 Å². The van der Waals surface area contributed by atoms with E-state index in [-0.39, 0.29) is 0 Å². The van der Waals surface area contributed by atoms with Gasteiger partial charge in [-0.2, -0.15) is 4.57 Å². The number of nitrogens with zero attached hydrogens (tertiary/aromatic N) is 1. The maximum Gasteiger partial charge on any atom is 0.202 e. The van der Waals surface area contributed by atoms with Crippen LogP contribution in [0.15, 0.2) is 24.4 Å². The largest absolute Gasteiger partial charge is 0.202 e. The maximum atomic E-state index is 3.37. The Morgan fingerprint density at radius 1 is 1.56 bits per heavy atom. The molecule has 9 heavy (non-hydrogen) atoms. The van der Waals surface area contributed by atoms with Crippen molar-refractivity contribution in [3.63, 3.8) is 0 Å². The molecule has 0 radical (unpaired) electrons. The molecule has 0 atom stereocenters. The van der Waals surface area contributed by atoms with Gasteiger partial charge in [-0.05, 0) is 15.9 Å². The minimum Gasteiger partial charge on any atom is -0.193 e. The normalized spacial score (nSPS) is 9.56. The van der Waals surface area contributed by atoms with Gasteiger partial charge < -0.3 is 0 Å². The zero-order valence-electron chi connectivity index (χ0n) is 5.34. The molecule has 0 spiro atoms. The molecule has 0 bridgehead atoms. The molecule has 0 amide bonds. The van der Waals surface area contributed by atoms with Crippen molar-refractivity contribution in [1.29, 1.82) is 0 Å². The fourth-order valence-corrected chi connectivity index (χ4v) is 1.26. The van der Waals surface area contributed by atoms with E-state index in [1.165, 1.54) is 5.69 Å². The van der Waals surface area contributed by atoms with Crippen molar-refractivity contribution in [1.82, 2.24) is 0 Å². The van der Waals surface area contributed by atoms with Crippen molar-refractivity contribution in [2.24, 2.45) is 0 Å². The highest BCUT2D eigenvalue weighted by molar-refractivity contribution is 9.08. The fraction of sp³-hybridized carbons (Fsp3) is 0.286. The van der Waals surface area contributed by atoms with Gasteiger partial charge in [0.25, 0.3) is 0 Å². The van der Waals surface area contributed by atoms with Crippen molar-refractivity contribution in [2.45, 2.75) is 12.4 Å². The van der Waals surface area contributed by atoms with E-state index in [9.17, 15) is 0 Å². The molecule has 0 saturated heterocycles. The van der Waals surface area contributed by atoms with Crippen molar-refractivity contribution >= 4 is 15.9 Å². The topological polar surface area (TPSA) is 3.88 Å². The van der Waals surface area contributed by atoms with Gasteiger partial charge >= 0.3 is 0 Å². The third kappa shape index (κ3) is 1.52. The highest BCUT2D eigenvalue weighted by Crippen LogP contribution is 1.88. The van der Waals surface area contributed by atoms with Crippen LogP contribution in [0.2, 0.25) is 0 Å². The molecule has 0 aromatic carbocycles. The predicted molar refractivity (Wildman–Crippen MR) is 40.3 cm³/mol. The first kappa shape index (κ1) is 6.75. The Morgan fingerprint density at radius 3 is 2.78 bits per heavy atom. The van der Waals surface area contributed by atoms with Gasteiger partial charge in [0.15, 0.2) is 11.9 Å². The Kier molecular flexibility index (Phi) is 2.22. The molecule has 0 aliphatic heterocycles. The quantitative estimate of drug-likeness (QED) is 0.464. The lowest BCUT2D eigenvalue weighted by molar-refractivity contribution is -0.680. The second-order valence-corrected chi connectivity index (χ2v) is 2.43. The van der Waals surface area contributed by atoms with Crippen LogP contribution in [0.4, 0.5) is 0 Å². The smallest absolute Gasteiger partial charge is 0.193 e. The van der Waals surface area contributed by atoms with Crippen LogP contribution in [0.5, 0.6) is 0 Å². The zero-order valence-corrected chi connectivity index (χ0v) is 6.93. The monoisotopic (exact) mass is 186 g/mol. The number of hydrogen-bond donors (Lipinski definition) is 0. The third-order valence-corrected chi connectivity index (χ3v) is 1.84. The Hall–Kier alpha value is -0.370. The van der Waals surface area contributed by atoms with Gasteiger partial charge in [0.1, 0.15) is 0 Å². The number of alkyl halides is 1. The Labute approximate surface area is 63.5 Å². The van der Waals surface area contributed by atoms with E-state index in [0.717, 1.165) is 5.45 Å². The summed E-state index contributed by atoms with van der Waals surface area (Å²) in [5.74, 6) is 0. The van der Waals surface area contributed by atoms with E-state index in [2.05, 4.69) is 33.5 Å². The molecular formula is C7H9BrN+. The lowest BCUT2D eigenvalue weighted by Crippen LogP contribution is -2.33. The predicted octanol–water partition coefficient (Wildman–Crippen LogP) is 1.63. The van der Waals surface area contributed by atoms with Crippen LogP contribution in [0.25, 0.3) is 0 Å². The summed E-state index contributed by atoms with van der Waals surface area (Å²) < 4.78 is 2.12. The standard InChI is InChI=1S/C7H9BrN/c1-7-4-2-3-5-9(7)6-8/h2-5H,6H2,1H3/q+1. The van der Waals surface area contributed by atoms with E-state index >= 15 is 0 Å².